The zero-order valence-electron chi connectivity index (χ0n) is 13.7. The van der Waals surface area contributed by atoms with Crippen LogP contribution in [0.15, 0.2) is 72.8 Å². The van der Waals surface area contributed by atoms with Gasteiger partial charge >= 0.3 is 35.6 Å². The smallest absolute Gasteiger partial charge is 0 e. The Labute approximate surface area is 165 Å². The van der Waals surface area contributed by atoms with Crippen molar-refractivity contribution in [3.05, 3.63) is 83.9 Å². The Morgan fingerprint density at radius 1 is 0.708 bits per heavy atom. The van der Waals surface area contributed by atoms with Gasteiger partial charge in [0.2, 0.25) is 0 Å². The average Bonchev–Trinajstić information content (AvgIpc) is 3.08. The van der Waals surface area contributed by atoms with E-state index in [1.807, 2.05) is 0 Å². The zero-order chi connectivity index (χ0) is 16.7. The number of fused-ring (bicyclic) bond motifs is 2. The van der Waals surface area contributed by atoms with Gasteiger partial charge in [-0.05, 0) is 0 Å². The molecule has 0 nitrogen and oxygen atoms in total. The topological polar surface area (TPSA) is 0 Å². The maximum atomic E-state index is 4.89. The van der Waals surface area contributed by atoms with Gasteiger partial charge in [-0.2, -0.15) is 12.1 Å². The second-order valence-electron chi connectivity index (χ2n) is 5.39. The van der Waals surface area contributed by atoms with E-state index < -0.39 is 17.0 Å². The van der Waals surface area contributed by atoms with E-state index in [4.69, 9.17) is 18.6 Å². The molecular weight excluding hydrogens is 387 g/mol. The molecule has 4 aromatic rings. The Balaban J connectivity index is 0.000000200. The van der Waals surface area contributed by atoms with Crippen molar-refractivity contribution >= 4 is 51.1 Å². The summed E-state index contributed by atoms with van der Waals surface area (Å²) in [4.78, 5) is 0. The van der Waals surface area contributed by atoms with Crippen LogP contribution in [0.4, 0.5) is 0 Å². The first-order valence-corrected chi connectivity index (χ1v) is 11.6. The van der Waals surface area contributed by atoms with Crippen LogP contribution in [0.5, 0.6) is 0 Å². The normalized spacial score (nSPS) is 9.33. The minimum atomic E-state index is -0.556. The van der Waals surface area contributed by atoms with Crippen molar-refractivity contribution in [1.29, 1.82) is 0 Å². The van der Waals surface area contributed by atoms with Crippen molar-refractivity contribution in [2.75, 3.05) is 0 Å². The summed E-state index contributed by atoms with van der Waals surface area (Å²) in [6.07, 6.45) is 0. The van der Waals surface area contributed by atoms with Gasteiger partial charge in [0.1, 0.15) is 0 Å². The van der Waals surface area contributed by atoms with Crippen LogP contribution < -0.4 is 0 Å². The molecule has 0 unspecified atom stereocenters. The summed E-state index contributed by atoms with van der Waals surface area (Å²) >= 11 is -0.556. The molecular formula is C20H18Cl2SiTi-2. The van der Waals surface area contributed by atoms with Crippen LogP contribution in [-0.4, -0.2) is 11.0 Å². The Morgan fingerprint density at radius 3 is 1.38 bits per heavy atom. The van der Waals surface area contributed by atoms with E-state index in [1.165, 1.54) is 32.7 Å². The Kier molecular flexibility index (Phi) is 9.65. The molecule has 24 heavy (non-hydrogen) atoms. The Morgan fingerprint density at radius 2 is 1.04 bits per heavy atom. The largest absolute Gasteiger partial charge is 0 e. The maximum absolute atomic E-state index is 4.89. The van der Waals surface area contributed by atoms with Crippen LogP contribution in [0, 0.1) is 13.8 Å². The van der Waals surface area contributed by atoms with Gasteiger partial charge in [0.25, 0.3) is 0 Å². The van der Waals surface area contributed by atoms with Gasteiger partial charge < -0.3 is 0 Å². The standard InChI is InChI=1S/2C10H9.2ClH.Si.Ti/c2*1-8-6-9-4-2-3-5-10(9)7-8;;;;/h2*2-7H,1H3;2*1H;;/q2*-1;;;;+2/p-2. The summed E-state index contributed by atoms with van der Waals surface area (Å²) in [5.74, 6) is 0. The van der Waals surface area contributed by atoms with Crippen LogP contribution in [0.3, 0.4) is 0 Å². The number of hydrogen-bond donors (Lipinski definition) is 0. The molecule has 0 spiro atoms. The van der Waals surface area contributed by atoms with Crippen LogP contribution in [-0.2, 0) is 17.0 Å². The summed E-state index contributed by atoms with van der Waals surface area (Å²) in [5.41, 5.74) is 2.70. The molecule has 0 amide bonds. The molecule has 0 fully saturated rings. The molecule has 0 atom stereocenters. The second-order valence-corrected chi connectivity index (χ2v) is 7.97. The predicted octanol–water partition coefficient (Wildman–Crippen LogP) is 6.73. The minimum absolute atomic E-state index is 0. The molecule has 4 radical (unpaired) electrons. The molecule has 4 aromatic carbocycles. The fourth-order valence-corrected chi connectivity index (χ4v) is 2.61. The third-order valence-electron chi connectivity index (χ3n) is 3.52. The number of aryl methyl sites for hydroxylation is 2. The van der Waals surface area contributed by atoms with Crippen molar-refractivity contribution < 1.29 is 17.0 Å². The molecule has 0 bridgehead atoms. The van der Waals surface area contributed by atoms with Crippen molar-refractivity contribution in [2.24, 2.45) is 0 Å². The molecule has 0 aromatic heterocycles. The zero-order valence-corrected chi connectivity index (χ0v) is 17.8. The second kappa shape index (κ2) is 10.9. The molecule has 4 heteroatoms. The summed E-state index contributed by atoms with van der Waals surface area (Å²) < 4.78 is 0. The predicted molar refractivity (Wildman–Crippen MR) is 106 cm³/mol. The quantitative estimate of drug-likeness (QED) is 0.225. The number of hydrogen-bond acceptors (Lipinski definition) is 0. The number of rotatable bonds is 0. The van der Waals surface area contributed by atoms with Gasteiger partial charge in [0.15, 0.2) is 0 Å². The first-order chi connectivity index (χ1) is 11.1. The van der Waals surface area contributed by atoms with E-state index in [9.17, 15) is 0 Å². The van der Waals surface area contributed by atoms with E-state index >= 15 is 0 Å². The van der Waals surface area contributed by atoms with E-state index in [2.05, 4.69) is 86.6 Å². The fraction of sp³-hybridized carbons (Fsp3) is 0.100. The van der Waals surface area contributed by atoms with Crippen molar-refractivity contribution in [1.82, 2.24) is 0 Å². The van der Waals surface area contributed by atoms with Crippen LogP contribution in [0.25, 0.3) is 21.5 Å². The molecule has 0 N–H and O–H groups in total. The summed E-state index contributed by atoms with van der Waals surface area (Å²) in [6.45, 7) is 4.25. The van der Waals surface area contributed by atoms with Gasteiger partial charge in [0, 0.05) is 11.0 Å². The van der Waals surface area contributed by atoms with Gasteiger partial charge in [-0.15, -0.1) is 81.2 Å². The van der Waals surface area contributed by atoms with E-state index in [0.29, 0.717) is 0 Å². The SMILES string of the molecule is Cc1cc2ccccc2[cH-]1.Cc1cc2ccccc2[cH-]1.[Cl][Ti][Cl].[Si]. The summed E-state index contributed by atoms with van der Waals surface area (Å²) in [6, 6.07) is 25.7. The molecule has 0 aliphatic carbocycles. The number of halogens is 2. The molecule has 0 saturated heterocycles. The van der Waals surface area contributed by atoms with E-state index in [0.717, 1.165) is 0 Å². The van der Waals surface area contributed by atoms with Gasteiger partial charge in [-0.25, -0.2) is 0 Å². The van der Waals surface area contributed by atoms with Crippen LogP contribution >= 0.6 is 18.6 Å². The minimum Gasteiger partial charge on any atom is 0 e. The van der Waals surface area contributed by atoms with Gasteiger partial charge in [0.05, 0.1) is 0 Å². The summed E-state index contributed by atoms with van der Waals surface area (Å²) in [5, 5.41) is 5.39. The number of benzene rings is 2. The fourth-order valence-electron chi connectivity index (χ4n) is 2.61. The molecule has 0 aliphatic heterocycles. The molecule has 4 rings (SSSR count). The third kappa shape index (κ3) is 6.23. The Bertz CT molecular complexity index is 726. The van der Waals surface area contributed by atoms with E-state index in [1.54, 1.807) is 0 Å². The summed E-state index contributed by atoms with van der Waals surface area (Å²) in [7, 11) is 9.78. The first kappa shape index (κ1) is 21.2. The average molecular weight is 405 g/mol. The maximum Gasteiger partial charge on any atom is 0 e. The Hall–Kier alpha value is -0.829. The molecule has 0 saturated carbocycles. The molecule has 122 valence electrons. The van der Waals surface area contributed by atoms with Crippen LogP contribution in [0.1, 0.15) is 11.1 Å². The van der Waals surface area contributed by atoms with E-state index in [-0.39, 0.29) is 11.0 Å². The van der Waals surface area contributed by atoms with Gasteiger partial charge in [-0.1, -0.05) is 26.0 Å². The first-order valence-electron chi connectivity index (χ1n) is 7.34. The van der Waals surface area contributed by atoms with Gasteiger partial charge in [-0.3, -0.25) is 0 Å². The van der Waals surface area contributed by atoms with Crippen molar-refractivity contribution in [3.8, 4) is 0 Å². The third-order valence-corrected chi connectivity index (χ3v) is 3.52. The van der Waals surface area contributed by atoms with Crippen LogP contribution in [0.2, 0.25) is 0 Å². The van der Waals surface area contributed by atoms with Crippen molar-refractivity contribution in [2.45, 2.75) is 13.8 Å². The van der Waals surface area contributed by atoms with Crippen molar-refractivity contribution in [3.63, 3.8) is 0 Å². The monoisotopic (exact) mass is 404 g/mol. The molecule has 0 heterocycles. The molecule has 0 aliphatic rings.